The number of anilines is 1. The minimum absolute atomic E-state index is 0.0997. The fourth-order valence-corrected chi connectivity index (χ4v) is 3.01. The van der Waals surface area contributed by atoms with Crippen molar-refractivity contribution in [2.75, 3.05) is 5.32 Å². The lowest BCUT2D eigenvalue weighted by Crippen LogP contribution is -2.27. The van der Waals surface area contributed by atoms with Gasteiger partial charge >= 0.3 is 6.18 Å². The molecule has 1 aliphatic rings. The smallest absolute Gasteiger partial charge is 0.380 e. The summed E-state index contributed by atoms with van der Waals surface area (Å²) in [6.45, 7) is 0. The highest BCUT2D eigenvalue weighted by molar-refractivity contribution is 9.10. The zero-order valence-corrected chi connectivity index (χ0v) is 13.0. The van der Waals surface area contributed by atoms with E-state index in [2.05, 4.69) is 27.3 Å². The lowest BCUT2D eigenvalue weighted by Gasteiger charge is -2.23. The molecule has 2 rings (SSSR count). The maximum atomic E-state index is 12.8. The van der Waals surface area contributed by atoms with Crippen molar-refractivity contribution in [1.82, 2.24) is 0 Å². The first-order chi connectivity index (χ1) is 9.91. The molecular formula is C15H16BrF3N2. The van der Waals surface area contributed by atoms with Gasteiger partial charge in [-0.15, -0.1) is 0 Å². The molecule has 1 aromatic rings. The number of halogens is 4. The monoisotopic (exact) mass is 360 g/mol. The third kappa shape index (κ3) is 4.13. The molecule has 1 aliphatic carbocycles. The fourth-order valence-electron chi connectivity index (χ4n) is 2.65. The molecule has 0 amide bonds. The minimum Gasteiger partial charge on any atom is -0.380 e. The summed E-state index contributed by atoms with van der Waals surface area (Å²) in [5, 5.41) is 12.4. The summed E-state index contributed by atoms with van der Waals surface area (Å²) in [6.07, 6.45) is 0.299. The summed E-state index contributed by atoms with van der Waals surface area (Å²) in [4.78, 5) is 0. The number of alkyl halides is 3. The molecule has 1 N–H and O–H groups in total. The second kappa shape index (κ2) is 6.69. The van der Waals surface area contributed by atoms with Crippen LogP contribution in [-0.4, -0.2) is 6.04 Å². The van der Waals surface area contributed by atoms with Crippen LogP contribution in [0.4, 0.5) is 18.9 Å². The van der Waals surface area contributed by atoms with Crippen molar-refractivity contribution in [3.05, 3.63) is 28.2 Å². The topological polar surface area (TPSA) is 35.8 Å². The van der Waals surface area contributed by atoms with E-state index in [0.29, 0.717) is 10.2 Å². The molecule has 6 heteroatoms. The van der Waals surface area contributed by atoms with Crippen molar-refractivity contribution in [3.63, 3.8) is 0 Å². The van der Waals surface area contributed by atoms with E-state index in [1.54, 1.807) is 0 Å². The van der Waals surface area contributed by atoms with Gasteiger partial charge in [0, 0.05) is 16.2 Å². The fraction of sp³-hybridized carbons (Fsp3) is 0.533. The van der Waals surface area contributed by atoms with E-state index in [0.717, 1.165) is 44.2 Å². The minimum atomic E-state index is -4.37. The molecule has 0 saturated heterocycles. The first-order valence-corrected chi connectivity index (χ1v) is 7.74. The van der Waals surface area contributed by atoms with Gasteiger partial charge in [-0.3, -0.25) is 0 Å². The molecular weight excluding hydrogens is 345 g/mol. The van der Waals surface area contributed by atoms with Crippen LogP contribution in [0.5, 0.6) is 0 Å². The van der Waals surface area contributed by atoms with Gasteiger partial charge in [-0.2, -0.15) is 18.4 Å². The van der Waals surface area contributed by atoms with E-state index in [4.69, 9.17) is 0 Å². The van der Waals surface area contributed by atoms with Gasteiger partial charge in [-0.05, 0) is 47.0 Å². The molecule has 2 atom stereocenters. The largest absolute Gasteiger partial charge is 0.416 e. The zero-order chi connectivity index (χ0) is 15.5. The number of nitrogens with zero attached hydrogens (tertiary/aromatic N) is 1. The van der Waals surface area contributed by atoms with Crippen molar-refractivity contribution in [3.8, 4) is 6.07 Å². The predicted octanol–water partition coefficient (Wildman–Crippen LogP) is 5.35. The summed E-state index contributed by atoms with van der Waals surface area (Å²) in [6, 6.07) is 5.72. The highest BCUT2D eigenvalue weighted by atomic mass is 79.9. The van der Waals surface area contributed by atoms with Crippen molar-refractivity contribution >= 4 is 21.6 Å². The Morgan fingerprint density at radius 2 is 1.90 bits per heavy atom. The lowest BCUT2D eigenvalue weighted by molar-refractivity contribution is -0.137. The Kier molecular flexibility index (Phi) is 5.15. The molecule has 0 bridgehead atoms. The molecule has 1 fully saturated rings. The van der Waals surface area contributed by atoms with E-state index >= 15 is 0 Å². The maximum absolute atomic E-state index is 12.8. The second-order valence-electron chi connectivity index (χ2n) is 5.32. The van der Waals surface area contributed by atoms with Crippen LogP contribution >= 0.6 is 15.9 Å². The zero-order valence-electron chi connectivity index (χ0n) is 11.4. The van der Waals surface area contributed by atoms with Gasteiger partial charge in [-0.25, -0.2) is 0 Å². The molecule has 1 aromatic carbocycles. The van der Waals surface area contributed by atoms with E-state index in [1.807, 2.05) is 0 Å². The quantitative estimate of drug-likeness (QED) is 0.721. The standard InChI is InChI=1S/C15H16BrF3N2/c16-12-7-6-11(15(17,18)19)8-14(12)21-13-5-3-1-2-4-10(13)9-20/h6-8,10,13,21H,1-5H2. The summed E-state index contributed by atoms with van der Waals surface area (Å²) in [5.41, 5.74) is -0.285. The molecule has 0 heterocycles. The molecule has 0 radical (unpaired) electrons. The van der Waals surface area contributed by atoms with Gasteiger partial charge in [0.2, 0.25) is 0 Å². The Morgan fingerprint density at radius 1 is 1.19 bits per heavy atom. The number of hydrogen-bond acceptors (Lipinski definition) is 2. The SMILES string of the molecule is N#CC1CCCCCC1Nc1cc(C(F)(F)F)ccc1Br. The average Bonchev–Trinajstić information content (AvgIpc) is 2.65. The van der Waals surface area contributed by atoms with Crippen LogP contribution in [0.15, 0.2) is 22.7 Å². The molecule has 21 heavy (non-hydrogen) atoms. The van der Waals surface area contributed by atoms with Gasteiger partial charge in [0.15, 0.2) is 0 Å². The number of nitriles is 1. The maximum Gasteiger partial charge on any atom is 0.416 e. The first kappa shape index (κ1) is 16.2. The summed E-state index contributed by atoms with van der Waals surface area (Å²) in [5.74, 6) is -0.158. The molecule has 1 saturated carbocycles. The predicted molar refractivity (Wildman–Crippen MR) is 78.7 cm³/mol. The Labute approximate surface area is 130 Å². The van der Waals surface area contributed by atoms with Crippen LogP contribution in [0.2, 0.25) is 0 Å². The van der Waals surface area contributed by atoms with Crippen LogP contribution in [0, 0.1) is 17.2 Å². The summed E-state index contributed by atoms with van der Waals surface area (Å²) < 4.78 is 39.0. The van der Waals surface area contributed by atoms with Crippen LogP contribution < -0.4 is 5.32 Å². The number of nitrogens with one attached hydrogen (secondary N) is 1. The number of rotatable bonds is 2. The van der Waals surface area contributed by atoms with E-state index in [1.165, 1.54) is 6.07 Å². The normalized spacial score (nSPS) is 23.2. The van der Waals surface area contributed by atoms with Crippen LogP contribution in [-0.2, 0) is 6.18 Å². The Balaban J connectivity index is 2.23. The second-order valence-corrected chi connectivity index (χ2v) is 6.17. The van der Waals surface area contributed by atoms with Gasteiger partial charge in [0.05, 0.1) is 17.6 Å². The number of hydrogen-bond donors (Lipinski definition) is 1. The van der Waals surface area contributed by atoms with Crippen molar-refractivity contribution in [2.45, 2.75) is 44.3 Å². The molecule has 114 valence electrons. The molecule has 0 aliphatic heterocycles. The van der Waals surface area contributed by atoms with Crippen LogP contribution in [0.1, 0.15) is 37.7 Å². The van der Waals surface area contributed by atoms with Crippen LogP contribution in [0.3, 0.4) is 0 Å². The van der Waals surface area contributed by atoms with Crippen molar-refractivity contribution in [1.29, 1.82) is 5.26 Å². The van der Waals surface area contributed by atoms with E-state index < -0.39 is 11.7 Å². The first-order valence-electron chi connectivity index (χ1n) is 6.94. The number of benzene rings is 1. The average molecular weight is 361 g/mol. The Morgan fingerprint density at radius 3 is 2.57 bits per heavy atom. The van der Waals surface area contributed by atoms with Gasteiger partial charge < -0.3 is 5.32 Å². The Hall–Kier alpha value is -1.22. The van der Waals surface area contributed by atoms with Gasteiger partial charge in [0.25, 0.3) is 0 Å². The highest BCUT2D eigenvalue weighted by Gasteiger charge is 2.31. The Bertz CT molecular complexity index is 537. The van der Waals surface area contributed by atoms with Crippen molar-refractivity contribution < 1.29 is 13.2 Å². The highest BCUT2D eigenvalue weighted by Crippen LogP contribution is 2.35. The van der Waals surface area contributed by atoms with E-state index in [9.17, 15) is 18.4 Å². The lowest BCUT2D eigenvalue weighted by atomic mass is 9.96. The van der Waals surface area contributed by atoms with Crippen LogP contribution in [0.25, 0.3) is 0 Å². The summed E-state index contributed by atoms with van der Waals surface area (Å²) >= 11 is 3.27. The van der Waals surface area contributed by atoms with E-state index in [-0.39, 0.29) is 12.0 Å². The van der Waals surface area contributed by atoms with Crippen molar-refractivity contribution in [2.24, 2.45) is 5.92 Å². The molecule has 0 aromatic heterocycles. The molecule has 0 spiro atoms. The third-order valence-corrected chi connectivity index (χ3v) is 4.51. The summed E-state index contributed by atoms with van der Waals surface area (Å²) in [7, 11) is 0. The van der Waals surface area contributed by atoms with Gasteiger partial charge in [0.1, 0.15) is 0 Å². The molecule has 2 nitrogen and oxygen atoms in total. The van der Waals surface area contributed by atoms with Gasteiger partial charge in [-0.1, -0.05) is 19.3 Å². The third-order valence-electron chi connectivity index (χ3n) is 3.82. The molecule has 2 unspecified atom stereocenters.